The standard InChI is InChI=1S/C9H17N3O6/c10-12-11-2-1-3-17-9-8(16)7(15)6(14)5(4-13)18-9/h5-9,13-16H,1-4H2/t5-,6-,7+,8-,9-/m1/s1. The molecular weight excluding hydrogens is 246 g/mol. The first-order valence-electron chi connectivity index (χ1n) is 5.54. The van der Waals surface area contributed by atoms with Gasteiger partial charge in [0.05, 0.1) is 6.61 Å². The summed E-state index contributed by atoms with van der Waals surface area (Å²) in [7, 11) is 0. The van der Waals surface area contributed by atoms with E-state index in [1.807, 2.05) is 0 Å². The Morgan fingerprint density at radius 1 is 1.22 bits per heavy atom. The zero-order valence-electron chi connectivity index (χ0n) is 9.66. The number of aliphatic hydroxyl groups excluding tert-OH is 4. The van der Waals surface area contributed by atoms with Gasteiger partial charge in [-0.2, -0.15) is 0 Å². The molecule has 1 fully saturated rings. The molecule has 0 bridgehead atoms. The number of aliphatic hydroxyl groups is 4. The first-order chi connectivity index (χ1) is 8.61. The molecular formula is C9H17N3O6. The molecule has 0 spiro atoms. The van der Waals surface area contributed by atoms with E-state index >= 15 is 0 Å². The van der Waals surface area contributed by atoms with Crippen LogP contribution in [0.4, 0.5) is 0 Å². The van der Waals surface area contributed by atoms with Gasteiger partial charge in [0.25, 0.3) is 0 Å². The van der Waals surface area contributed by atoms with Gasteiger partial charge in [-0.3, -0.25) is 0 Å². The lowest BCUT2D eigenvalue weighted by Gasteiger charge is -2.39. The molecule has 18 heavy (non-hydrogen) atoms. The van der Waals surface area contributed by atoms with Crippen LogP contribution in [0.25, 0.3) is 10.4 Å². The Kier molecular flexibility index (Phi) is 6.30. The smallest absolute Gasteiger partial charge is 0.186 e. The maximum Gasteiger partial charge on any atom is 0.186 e. The Morgan fingerprint density at radius 2 is 1.94 bits per heavy atom. The van der Waals surface area contributed by atoms with Crippen molar-refractivity contribution in [1.82, 2.24) is 0 Å². The number of hydrogen-bond acceptors (Lipinski definition) is 7. The van der Waals surface area contributed by atoms with Gasteiger partial charge in [-0.25, -0.2) is 0 Å². The summed E-state index contributed by atoms with van der Waals surface area (Å²) in [6, 6.07) is 0. The molecule has 9 heteroatoms. The highest BCUT2D eigenvalue weighted by Gasteiger charge is 2.43. The van der Waals surface area contributed by atoms with Gasteiger partial charge in [-0.1, -0.05) is 5.11 Å². The lowest BCUT2D eigenvalue weighted by molar-refractivity contribution is -0.301. The van der Waals surface area contributed by atoms with Crippen LogP contribution in [0.3, 0.4) is 0 Å². The second-order valence-corrected chi connectivity index (χ2v) is 3.88. The molecule has 0 aromatic heterocycles. The lowest BCUT2D eigenvalue weighted by Crippen LogP contribution is -2.59. The first-order valence-corrected chi connectivity index (χ1v) is 5.54. The Hall–Kier alpha value is -0.930. The molecule has 1 saturated heterocycles. The number of ether oxygens (including phenoxy) is 2. The van der Waals surface area contributed by atoms with Gasteiger partial charge < -0.3 is 29.9 Å². The van der Waals surface area contributed by atoms with Crippen LogP contribution in [0.2, 0.25) is 0 Å². The first kappa shape index (κ1) is 15.1. The van der Waals surface area contributed by atoms with Crippen LogP contribution >= 0.6 is 0 Å². The van der Waals surface area contributed by atoms with E-state index in [4.69, 9.17) is 20.1 Å². The number of rotatable bonds is 6. The van der Waals surface area contributed by atoms with Gasteiger partial charge in [0, 0.05) is 18.1 Å². The van der Waals surface area contributed by atoms with Gasteiger partial charge in [0.15, 0.2) is 6.29 Å². The maximum absolute atomic E-state index is 9.60. The summed E-state index contributed by atoms with van der Waals surface area (Å²) in [6.07, 6.45) is -5.93. The van der Waals surface area contributed by atoms with Crippen LogP contribution in [-0.4, -0.2) is 70.9 Å². The molecule has 0 aliphatic carbocycles. The summed E-state index contributed by atoms with van der Waals surface area (Å²) in [5.74, 6) is 0. The Bertz CT molecular complexity index is 296. The molecule has 0 aromatic carbocycles. The molecule has 4 N–H and O–H groups in total. The summed E-state index contributed by atoms with van der Waals surface area (Å²) in [4.78, 5) is 2.56. The Balaban J connectivity index is 2.41. The molecule has 0 radical (unpaired) electrons. The van der Waals surface area contributed by atoms with E-state index in [0.29, 0.717) is 6.42 Å². The fraction of sp³-hybridized carbons (Fsp3) is 1.00. The van der Waals surface area contributed by atoms with Crippen molar-refractivity contribution in [2.45, 2.75) is 37.1 Å². The average Bonchev–Trinajstić information content (AvgIpc) is 2.38. The molecule has 0 amide bonds. The quantitative estimate of drug-likeness (QED) is 0.198. The van der Waals surface area contributed by atoms with Crippen LogP contribution in [0.1, 0.15) is 6.42 Å². The number of azide groups is 1. The van der Waals surface area contributed by atoms with Gasteiger partial charge in [-0.05, 0) is 12.0 Å². The normalized spacial score (nSPS) is 36.1. The van der Waals surface area contributed by atoms with Crippen LogP contribution in [0.5, 0.6) is 0 Å². The van der Waals surface area contributed by atoms with E-state index in [-0.39, 0.29) is 13.2 Å². The number of nitrogens with zero attached hydrogens (tertiary/aromatic N) is 3. The molecule has 104 valence electrons. The average molecular weight is 263 g/mol. The Labute approximate surface area is 103 Å². The minimum absolute atomic E-state index is 0.154. The maximum atomic E-state index is 9.60. The van der Waals surface area contributed by atoms with E-state index in [1.165, 1.54) is 0 Å². The summed E-state index contributed by atoms with van der Waals surface area (Å²) in [5, 5.41) is 40.8. The minimum atomic E-state index is -1.45. The van der Waals surface area contributed by atoms with Crippen molar-refractivity contribution < 1.29 is 29.9 Å². The summed E-state index contributed by atoms with van der Waals surface area (Å²) < 4.78 is 10.3. The molecule has 5 atom stereocenters. The third kappa shape index (κ3) is 3.79. The molecule has 1 heterocycles. The molecule has 0 aromatic rings. The third-order valence-electron chi connectivity index (χ3n) is 2.60. The molecule has 9 nitrogen and oxygen atoms in total. The van der Waals surface area contributed by atoms with Crippen molar-refractivity contribution >= 4 is 0 Å². The third-order valence-corrected chi connectivity index (χ3v) is 2.60. The van der Waals surface area contributed by atoms with Crippen molar-refractivity contribution in [3.63, 3.8) is 0 Å². The zero-order chi connectivity index (χ0) is 13.5. The largest absolute Gasteiger partial charge is 0.394 e. The van der Waals surface area contributed by atoms with Gasteiger partial charge in [0.2, 0.25) is 0 Å². The van der Waals surface area contributed by atoms with E-state index in [9.17, 15) is 15.3 Å². The topological polar surface area (TPSA) is 148 Å². The van der Waals surface area contributed by atoms with Crippen molar-refractivity contribution in [3.8, 4) is 0 Å². The summed E-state index contributed by atoms with van der Waals surface area (Å²) >= 11 is 0. The van der Waals surface area contributed by atoms with Gasteiger partial charge in [0.1, 0.15) is 24.4 Å². The second-order valence-electron chi connectivity index (χ2n) is 3.88. The Morgan fingerprint density at radius 3 is 2.56 bits per heavy atom. The van der Waals surface area contributed by atoms with Crippen molar-refractivity contribution in [3.05, 3.63) is 10.4 Å². The van der Waals surface area contributed by atoms with Gasteiger partial charge >= 0.3 is 0 Å². The van der Waals surface area contributed by atoms with Crippen LogP contribution in [0.15, 0.2) is 5.11 Å². The van der Waals surface area contributed by atoms with Crippen molar-refractivity contribution in [1.29, 1.82) is 0 Å². The van der Waals surface area contributed by atoms with E-state index in [2.05, 4.69) is 10.0 Å². The minimum Gasteiger partial charge on any atom is -0.394 e. The molecule has 1 rings (SSSR count). The molecule has 0 unspecified atom stereocenters. The second kappa shape index (κ2) is 7.49. The highest BCUT2D eigenvalue weighted by Crippen LogP contribution is 2.21. The van der Waals surface area contributed by atoms with E-state index < -0.39 is 37.3 Å². The fourth-order valence-corrected chi connectivity index (χ4v) is 1.58. The van der Waals surface area contributed by atoms with Crippen LogP contribution in [-0.2, 0) is 9.47 Å². The highest BCUT2D eigenvalue weighted by molar-refractivity contribution is 4.88. The SMILES string of the molecule is [N-]=[N+]=NCCCO[C@@H]1O[C@H](CO)[C@@H](O)[C@H](O)[C@H]1O. The van der Waals surface area contributed by atoms with E-state index in [0.717, 1.165) is 0 Å². The monoisotopic (exact) mass is 263 g/mol. The highest BCUT2D eigenvalue weighted by atomic mass is 16.7. The summed E-state index contributed by atoms with van der Waals surface area (Å²) in [6.45, 7) is -0.0981. The predicted molar refractivity (Wildman–Crippen MR) is 58.3 cm³/mol. The molecule has 1 aliphatic rings. The van der Waals surface area contributed by atoms with Crippen molar-refractivity contribution in [2.75, 3.05) is 19.8 Å². The molecule has 0 saturated carbocycles. The predicted octanol–water partition coefficient (Wildman–Crippen LogP) is -1.50. The zero-order valence-corrected chi connectivity index (χ0v) is 9.66. The summed E-state index contributed by atoms with van der Waals surface area (Å²) in [5.41, 5.74) is 8.05. The van der Waals surface area contributed by atoms with E-state index in [1.54, 1.807) is 0 Å². The van der Waals surface area contributed by atoms with Gasteiger partial charge in [-0.15, -0.1) is 0 Å². The van der Waals surface area contributed by atoms with Crippen molar-refractivity contribution in [2.24, 2.45) is 5.11 Å². The lowest BCUT2D eigenvalue weighted by atomic mass is 9.99. The van der Waals surface area contributed by atoms with Crippen LogP contribution < -0.4 is 0 Å². The fourth-order valence-electron chi connectivity index (χ4n) is 1.58. The number of hydrogen-bond donors (Lipinski definition) is 4. The molecule has 1 aliphatic heterocycles. The van der Waals surface area contributed by atoms with Crippen LogP contribution in [0, 0.1) is 0 Å².